The fourth-order valence-electron chi connectivity index (χ4n) is 4.10. The topological polar surface area (TPSA) is 76.4 Å². The van der Waals surface area contributed by atoms with Crippen molar-refractivity contribution >= 4 is 40.0 Å². The first-order valence-corrected chi connectivity index (χ1v) is 13.7. The molecule has 38 heavy (non-hydrogen) atoms. The molecule has 1 heterocycles. The summed E-state index contributed by atoms with van der Waals surface area (Å²) in [4.78, 5) is 17.4. The highest BCUT2D eigenvalue weighted by Crippen LogP contribution is 2.29. The summed E-state index contributed by atoms with van der Waals surface area (Å²) in [6.45, 7) is 7.25. The van der Waals surface area contributed by atoms with Gasteiger partial charge in [0.15, 0.2) is 10.7 Å². The molecule has 4 aromatic rings. The number of hydrogen-bond donors (Lipinski definition) is 2. The maximum Gasteiger partial charge on any atom is 0.257 e. The zero-order chi connectivity index (χ0) is 26.9. The van der Waals surface area contributed by atoms with Crippen molar-refractivity contribution in [2.24, 2.45) is 0 Å². The number of rotatable bonds is 11. The van der Waals surface area contributed by atoms with Gasteiger partial charge in [-0.05, 0) is 91.1 Å². The lowest BCUT2D eigenvalue weighted by Crippen LogP contribution is -2.34. The molecule has 4 rings (SSSR count). The number of ether oxygens (including phenoxy) is 1. The van der Waals surface area contributed by atoms with Gasteiger partial charge in [0.25, 0.3) is 5.91 Å². The largest absolute Gasteiger partial charge is 0.494 e. The molecule has 0 radical (unpaired) electrons. The van der Waals surface area contributed by atoms with Crippen LogP contribution in [0.3, 0.4) is 0 Å². The number of aromatic nitrogens is 1. The predicted molar refractivity (Wildman–Crippen MR) is 158 cm³/mol. The summed E-state index contributed by atoms with van der Waals surface area (Å²) in [5.41, 5.74) is 4.89. The number of nitrogens with one attached hydrogen (secondary N) is 2. The van der Waals surface area contributed by atoms with Gasteiger partial charge in [0, 0.05) is 16.8 Å². The number of amides is 1. The number of unbranched alkanes of at least 4 members (excludes halogenated alkanes) is 3. The second-order valence-electron chi connectivity index (χ2n) is 9.48. The lowest BCUT2D eigenvalue weighted by Gasteiger charge is -2.11. The van der Waals surface area contributed by atoms with Gasteiger partial charge in [-0.15, -0.1) is 0 Å². The van der Waals surface area contributed by atoms with Crippen LogP contribution < -0.4 is 15.4 Å². The van der Waals surface area contributed by atoms with Crippen LogP contribution in [0.15, 0.2) is 71.1 Å². The molecule has 0 spiro atoms. The molecule has 0 saturated heterocycles. The van der Waals surface area contributed by atoms with Crippen LogP contribution >= 0.6 is 12.2 Å². The molecule has 1 amide bonds. The van der Waals surface area contributed by atoms with E-state index in [1.807, 2.05) is 30.3 Å². The van der Waals surface area contributed by atoms with Gasteiger partial charge in [0.2, 0.25) is 5.89 Å². The van der Waals surface area contributed by atoms with Crippen LogP contribution in [0.4, 0.5) is 5.69 Å². The number of carbonyl (C=O) groups excluding carboxylic acids is 1. The minimum atomic E-state index is -0.288. The molecule has 3 aromatic carbocycles. The van der Waals surface area contributed by atoms with E-state index in [0.29, 0.717) is 24.0 Å². The number of benzene rings is 3. The molecule has 1 atom stereocenters. The maximum absolute atomic E-state index is 12.7. The Morgan fingerprint density at radius 3 is 2.61 bits per heavy atom. The van der Waals surface area contributed by atoms with Crippen LogP contribution in [0.5, 0.6) is 5.75 Å². The van der Waals surface area contributed by atoms with E-state index in [1.165, 1.54) is 24.8 Å². The Labute approximate surface area is 229 Å². The van der Waals surface area contributed by atoms with Crippen molar-refractivity contribution in [2.45, 2.75) is 58.8 Å². The monoisotopic (exact) mass is 529 g/mol. The molecular weight excluding hydrogens is 494 g/mol. The van der Waals surface area contributed by atoms with Crippen molar-refractivity contribution in [2.75, 3.05) is 11.9 Å². The molecule has 0 bridgehead atoms. The van der Waals surface area contributed by atoms with Crippen molar-refractivity contribution in [3.63, 3.8) is 0 Å². The SMILES string of the molecule is CCCCCCOc1ccc(C(=O)NC(=S)Nc2cccc(-c3nc4cc([C@H](C)CC)ccc4o3)c2)cc1. The number of hydrogen-bond acceptors (Lipinski definition) is 5. The maximum atomic E-state index is 12.7. The molecule has 0 aliphatic heterocycles. The summed E-state index contributed by atoms with van der Waals surface area (Å²) in [5, 5.41) is 6.02. The highest BCUT2D eigenvalue weighted by atomic mass is 32.1. The van der Waals surface area contributed by atoms with E-state index in [-0.39, 0.29) is 11.0 Å². The highest BCUT2D eigenvalue weighted by Gasteiger charge is 2.13. The van der Waals surface area contributed by atoms with Crippen LogP contribution in [0.1, 0.15) is 74.7 Å². The molecule has 0 aliphatic rings. The third kappa shape index (κ3) is 7.19. The van der Waals surface area contributed by atoms with Gasteiger partial charge in [-0.3, -0.25) is 10.1 Å². The van der Waals surface area contributed by atoms with Crippen LogP contribution in [0.25, 0.3) is 22.6 Å². The minimum Gasteiger partial charge on any atom is -0.494 e. The molecule has 0 aliphatic carbocycles. The van der Waals surface area contributed by atoms with E-state index >= 15 is 0 Å². The summed E-state index contributed by atoms with van der Waals surface area (Å²) >= 11 is 5.39. The molecule has 7 heteroatoms. The molecule has 2 N–H and O–H groups in total. The predicted octanol–water partition coefficient (Wildman–Crippen LogP) is 8.09. The fraction of sp³-hybridized carbons (Fsp3) is 0.323. The van der Waals surface area contributed by atoms with Gasteiger partial charge in [0.05, 0.1) is 6.61 Å². The second kappa shape index (κ2) is 13.2. The van der Waals surface area contributed by atoms with E-state index in [0.717, 1.165) is 40.9 Å². The number of nitrogens with zero attached hydrogens (tertiary/aromatic N) is 1. The van der Waals surface area contributed by atoms with Crippen molar-refractivity contribution in [3.8, 4) is 17.2 Å². The molecule has 1 aromatic heterocycles. The smallest absolute Gasteiger partial charge is 0.257 e. The van der Waals surface area contributed by atoms with Gasteiger partial charge in [0.1, 0.15) is 11.3 Å². The zero-order valence-corrected chi connectivity index (χ0v) is 23.1. The third-order valence-corrected chi connectivity index (χ3v) is 6.77. The number of fused-ring (bicyclic) bond motifs is 1. The number of thiocarbonyl (C=S) groups is 1. The average Bonchev–Trinajstić information content (AvgIpc) is 3.36. The standard InChI is InChI=1S/C31H35N3O3S/c1-4-6-7-8-18-36-26-15-12-22(13-16-26)29(35)34-31(38)32-25-11-9-10-24(19-25)30-33-27-20-23(21(3)5-2)14-17-28(27)37-30/h9-17,19-21H,4-8,18H2,1-3H3,(H2,32,34,35,38)/t21-/m1/s1. The van der Waals surface area contributed by atoms with Gasteiger partial charge >= 0.3 is 0 Å². The quantitative estimate of drug-likeness (QED) is 0.151. The Kier molecular flexibility index (Phi) is 9.49. The number of anilines is 1. The molecule has 6 nitrogen and oxygen atoms in total. The lowest BCUT2D eigenvalue weighted by atomic mass is 9.98. The van der Waals surface area contributed by atoms with Crippen LogP contribution in [-0.2, 0) is 0 Å². The van der Waals surface area contributed by atoms with Gasteiger partial charge in [-0.2, -0.15) is 0 Å². The van der Waals surface area contributed by atoms with Crippen LogP contribution in [0.2, 0.25) is 0 Å². The summed E-state index contributed by atoms with van der Waals surface area (Å²) < 4.78 is 11.8. The van der Waals surface area contributed by atoms with Crippen LogP contribution in [0, 0.1) is 0 Å². The summed E-state index contributed by atoms with van der Waals surface area (Å²) in [6.07, 6.45) is 5.68. The van der Waals surface area contributed by atoms with Crippen molar-refractivity contribution in [3.05, 3.63) is 77.9 Å². The van der Waals surface area contributed by atoms with Crippen molar-refractivity contribution in [1.29, 1.82) is 0 Å². The van der Waals surface area contributed by atoms with E-state index in [1.54, 1.807) is 24.3 Å². The molecular formula is C31H35N3O3S. The lowest BCUT2D eigenvalue weighted by molar-refractivity contribution is 0.0977. The van der Waals surface area contributed by atoms with E-state index in [9.17, 15) is 4.79 Å². The van der Waals surface area contributed by atoms with Crippen molar-refractivity contribution < 1.29 is 13.9 Å². The van der Waals surface area contributed by atoms with E-state index in [2.05, 4.69) is 43.5 Å². The van der Waals surface area contributed by atoms with Gasteiger partial charge in [-0.25, -0.2) is 4.98 Å². The Morgan fingerprint density at radius 2 is 1.84 bits per heavy atom. The summed E-state index contributed by atoms with van der Waals surface area (Å²) in [5.74, 6) is 1.47. The normalized spacial score (nSPS) is 11.8. The van der Waals surface area contributed by atoms with Gasteiger partial charge in [-0.1, -0.05) is 52.2 Å². The summed E-state index contributed by atoms with van der Waals surface area (Å²) in [7, 11) is 0. The first kappa shape index (κ1) is 27.3. The fourth-order valence-corrected chi connectivity index (χ4v) is 4.31. The average molecular weight is 530 g/mol. The van der Waals surface area contributed by atoms with Crippen LogP contribution in [-0.4, -0.2) is 22.6 Å². The van der Waals surface area contributed by atoms with E-state index in [4.69, 9.17) is 26.4 Å². The molecule has 198 valence electrons. The second-order valence-corrected chi connectivity index (χ2v) is 9.89. The Hall–Kier alpha value is -3.71. The number of carbonyl (C=O) groups is 1. The Bertz CT molecular complexity index is 1380. The first-order chi connectivity index (χ1) is 18.5. The first-order valence-electron chi connectivity index (χ1n) is 13.3. The Balaban J connectivity index is 1.35. The zero-order valence-electron chi connectivity index (χ0n) is 22.3. The Morgan fingerprint density at radius 1 is 1.03 bits per heavy atom. The minimum absolute atomic E-state index is 0.208. The molecule has 0 fully saturated rings. The summed E-state index contributed by atoms with van der Waals surface area (Å²) in [6, 6.07) is 20.8. The molecule has 0 saturated carbocycles. The van der Waals surface area contributed by atoms with Crippen molar-refractivity contribution in [1.82, 2.24) is 10.3 Å². The van der Waals surface area contributed by atoms with E-state index < -0.39 is 0 Å². The number of oxazole rings is 1. The van der Waals surface area contributed by atoms with Gasteiger partial charge < -0.3 is 14.5 Å². The highest BCUT2D eigenvalue weighted by molar-refractivity contribution is 7.80. The molecule has 0 unspecified atom stereocenters. The third-order valence-electron chi connectivity index (χ3n) is 6.57.